The zero-order chi connectivity index (χ0) is 11.3. The first kappa shape index (κ1) is 12.9. The molecule has 0 aliphatic rings. The van der Waals surface area contributed by atoms with Crippen LogP contribution in [0.15, 0.2) is 24.8 Å². The van der Waals surface area contributed by atoms with Crippen molar-refractivity contribution in [2.24, 2.45) is 0 Å². The van der Waals surface area contributed by atoms with E-state index in [1.807, 2.05) is 11.9 Å². The second-order valence-electron chi connectivity index (χ2n) is 4.05. The lowest BCUT2D eigenvalue weighted by Crippen LogP contribution is -2.37. The molecule has 0 aliphatic heterocycles. The number of hydrogen-bond acceptors (Lipinski definition) is 3. The second kappa shape index (κ2) is 5.58. The van der Waals surface area contributed by atoms with E-state index < -0.39 is 0 Å². The summed E-state index contributed by atoms with van der Waals surface area (Å²) in [6.07, 6.45) is 0. The van der Waals surface area contributed by atoms with Gasteiger partial charge in [0.05, 0.1) is 11.6 Å². The first-order chi connectivity index (χ1) is 6.34. The number of hydrogen-bond donors (Lipinski definition) is 2. The molecule has 0 rings (SSSR count). The van der Waals surface area contributed by atoms with Crippen LogP contribution in [-0.4, -0.2) is 24.0 Å². The van der Waals surface area contributed by atoms with Crippen molar-refractivity contribution in [3.63, 3.8) is 0 Å². The molecule has 0 amide bonds. The molecule has 0 aromatic heterocycles. The molecule has 2 N–H and O–H groups in total. The third kappa shape index (κ3) is 4.80. The zero-order valence-electron chi connectivity index (χ0n) is 10.0. The van der Waals surface area contributed by atoms with Crippen LogP contribution in [0.5, 0.6) is 0 Å². The molecule has 0 saturated carbocycles. The van der Waals surface area contributed by atoms with Gasteiger partial charge in [-0.05, 0) is 27.7 Å². The number of rotatable bonds is 6. The largest absolute Gasteiger partial charge is 0.370 e. The molecule has 0 aromatic carbocycles. The summed E-state index contributed by atoms with van der Waals surface area (Å²) in [6, 6.07) is 0.772. The van der Waals surface area contributed by atoms with Gasteiger partial charge in [-0.3, -0.25) is 0 Å². The molecule has 0 unspecified atom stereocenters. The molecule has 0 bridgehead atoms. The van der Waals surface area contributed by atoms with Crippen molar-refractivity contribution in [3.05, 3.63) is 24.8 Å². The van der Waals surface area contributed by atoms with Crippen LogP contribution in [0.2, 0.25) is 0 Å². The minimum Gasteiger partial charge on any atom is -0.370 e. The highest BCUT2D eigenvalue weighted by Crippen LogP contribution is 2.03. The van der Waals surface area contributed by atoms with Crippen LogP contribution < -0.4 is 10.6 Å². The van der Waals surface area contributed by atoms with E-state index >= 15 is 0 Å². The summed E-state index contributed by atoms with van der Waals surface area (Å²) in [7, 11) is 1.94. The van der Waals surface area contributed by atoms with Gasteiger partial charge < -0.3 is 15.5 Å². The van der Waals surface area contributed by atoms with E-state index in [1.54, 1.807) is 0 Å². The van der Waals surface area contributed by atoms with Gasteiger partial charge in [-0.1, -0.05) is 13.2 Å². The van der Waals surface area contributed by atoms with E-state index in [9.17, 15) is 0 Å². The van der Waals surface area contributed by atoms with Gasteiger partial charge in [-0.25, -0.2) is 0 Å². The highest BCUT2D eigenvalue weighted by Gasteiger charge is 2.07. The summed E-state index contributed by atoms with van der Waals surface area (Å²) in [5.74, 6) is 1.72. The summed E-state index contributed by atoms with van der Waals surface area (Å²) in [6.45, 7) is 16.2. The minimum absolute atomic E-state index is 0.386. The zero-order valence-corrected chi connectivity index (χ0v) is 10.0. The van der Waals surface area contributed by atoms with Gasteiger partial charge in [-0.15, -0.1) is 0 Å². The Balaban J connectivity index is 4.11. The lowest BCUT2D eigenvalue weighted by molar-refractivity contribution is 0.407. The van der Waals surface area contributed by atoms with Crippen LogP contribution in [0.3, 0.4) is 0 Å². The summed E-state index contributed by atoms with van der Waals surface area (Å²) in [4.78, 5) is 1.92. The Morgan fingerprint density at radius 2 is 1.21 bits per heavy atom. The fourth-order valence-corrected chi connectivity index (χ4v) is 1.02. The Bertz CT molecular complexity index is 185. The summed E-state index contributed by atoms with van der Waals surface area (Å²) in [5, 5.41) is 6.45. The minimum atomic E-state index is 0.386. The van der Waals surface area contributed by atoms with Crippen molar-refractivity contribution in [1.82, 2.24) is 15.5 Å². The van der Waals surface area contributed by atoms with Crippen LogP contribution in [-0.2, 0) is 0 Å². The molecular weight excluding hydrogens is 174 g/mol. The van der Waals surface area contributed by atoms with Gasteiger partial charge in [0.2, 0.25) is 0 Å². The van der Waals surface area contributed by atoms with E-state index in [4.69, 9.17) is 0 Å². The van der Waals surface area contributed by atoms with Crippen molar-refractivity contribution in [2.45, 2.75) is 39.8 Å². The highest BCUT2D eigenvalue weighted by molar-refractivity contribution is 5.03. The third-order valence-electron chi connectivity index (χ3n) is 1.72. The molecule has 0 aliphatic carbocycles. The molecule has 3 nitrogen and oxygen atoms in total. The lowest BCUT2D eigenvalue weighted by Gasteiger charge is -2.28. The molecule has 0 aromatic rings. The maximum absolute atomic E-state index is 3.94. The Labute approximate surface area is 87.9 Å². The predicted octanol–water partition coefficient (Wildman–Crippen LogP) is 1.86. The van der Waals surface area contributed by atoms with Crippen LogP contribution in [0.4, 0.5) is 0 Å². The van der Waals surface area contributed by atoms with Crippen LogP contribution >= 0.6 is 0 Å². The second-order valence-corrected chi connectivity index (χ2v) is 4.05. The third-order valence-corrected chi connectivity index (χ3v) is 1.72. The van der Waals surface area contributed by atoms with E-state index in [0.717, 1.165) is 11.6 Å². The first-order valence-electron chi connectivity index (χ1n) is 4.99. The Hall–Kier alpha value is -1.12. The quantitative estimate of drug-likeness (QED) is 0.680. The van der Waals surface area contributed by atoms with Crippen molar-refractivity contribution in [1.29, 1.82) is 0 Å². The molecule has 0 heterocycles. The number of nitrogens with zero attached hydrogens (tertiary/aromatic N) is 1. The summed E-state index contributed by atoms with van der Waals surface area (Å²) in [5.41, 5.74) is 0. The Kier molecular flexibility index (Phi) is 5.13. The number of nitrogens with one attached hydrogen (secondary N) is 2. The predicted molar refractivity (Wildman–Crippen MR) is 62.6 cm³/mol. The Morgan fingerprint density at radius 1 is 0.929 bits per heavy atom. The molecule has 0 radical (unpaired) electrons. The molecule has 0 saturated heterocycles. The molecule has 0 spiro atoms. The molecule has 0 atom stereocenters. The summed E-state index contributed by atoms with van der Waals surface area (Å²) >= 11 is 0. The van der Waals surface area contributed by atoms with Gasteiger partial charge >= 0.3 is 0 Å². The standard InChI is InChI=1S/C11H23N3/c1-8(2)12-10(5)14(7)11(6)13-9(3)4/h8-9,12-13H,5-6H2,1-4,7H3. The maximum atomic E-state index is 3.94. The van der Waals surface area contributed by atoms with E-state index in [2.05, 4.69) is 51.5 Å². The molecular formula is C11H23N3. The van der Waals surface area contributed by atoms with Gasteiger partial charge in [0.1, 0.15) is 0 Å². The van der Waals surface area contributed by atoms with Crippen LogP contribution in [0.1, 0.15) is 27.7 Å². The fraction of sp³-hybridized carbons (Fsp3) is 0.636. The molecule has 3 heteroatoms. The fourth-order valence-electron chi connectivity index (χ4n) is 1.02. The molecule has 14 heavy (non-hydrogen) atoms. The van der Waals surface area contributed by atoms with Crippen LogP contribution in [0, 0.1) is 0 Å². The average Bonchev–Trinajstić information content (AvgIpc) is 2.00. The van der Waals surface area contributed by atoms with E-state index in [1.165, 1.54) is 0 Å². The summed E-state index contributed by atoms with van der Waals surface area (Å²) < 4.78 is 0. The molecule has 82 valence electrons. The van der Waals surface area contributed by atoms with Gasteiger partial charge in [0.15, 0.2) is 0 Å². The van der Waals surface area contributed by atoms with Crippen molar-refractivity contribution in [2.75, 3.05) is 7.05 Å². The van der Waals surface area contributed by atoms with E-state index in [-0.39, 0.29) is 0 Å². The van der Waals surface area contributed by atoms with Crippen molar-refractivity contribution < 1.29 is 0 Å². The topological polar surface area (TPSA) is 27.3 Å². The van der Waals surface area contributed by atoms with Crippen molar-refractivity contribution in [3.8, 4) is 0 Å². The monoisotopic (exact) mass is 197 g/mol. The maximum Gasteiger partial charge on any atom is 0.0994 e. The Morgan fingerprint density at radius 3 is 1.43 bits per heavy atom. The van der Waals surface area contributed by atoms with Crippen LogP contribution in [0.25, 0.3) is 0 Å². The average molecular weight is 197 g/mol. The van der Waals surface area contributed by atoms with Gasteiger partial charge in [-0.2, -0.15) is 0 Å². The normalized spacial score (nSPS) is 10.2. The van der Waals surface area contributed by atoms with Gasteiger partial charge in [0.25, 0.3) is 0 Å². The highest BCUT2D eigenvalue weighted by atomic mass is 15.3. The van der Waals surface area contributed by atoms with Crippen molar-refractivity contribution >= 4 is 0 Å². The van der Waals surface area contributed by atoms with E-state index in [0.29, 0.717) is 12.1 Å². The molecule has 0 fully saturated rings. The lowest BCUT2D eigenvalue weighted by atomic mass is 10.4. The van der Waals surface area contributed by atoms with Gasteiger partial charge in [0, 0.05) is 19.1 Å². The smallest absolute Gasteiger partial charge is 0.0994 e. The SMILES string of the molecule is C=C(NC(C)C)N(C)C(=C)NC(C)C. The first-order valence-corrected chi connectivity index (χ1v) is 4.99.